The van der Waals surface area contributed by atoms with Crippen LogP contribution in [0.25, 0.3) is 0 Å². The van der Waals surface area contributed by atoms with Crippen LogP contribution in [0.4, 0.5) is 0 Å². The molecule has 1 rings (SSSR count). The van der Waals surface area contributed by atoms with Crippen molar-refractivity contribution in [1.82, 2.24) is 0 Å². The van der Waals surface area contributed by atoms with Crippen molar-refractivity contribution < 1.29 is 9.90 Å². The van der Waals surface area contributed by atoms with Gasteiger partial charge in [-0.1, -0.05) is 37.0 Å². The smallest absolute Gasteiger partial charge is 0.170 e. The average molecular weight is 312 g/mol. The zero-order valence-electron chi connectivity index (χ0n) is 8.14. The predicted octanol–water partition coefficient (Wildman–Crippen LogP) is 4.30. The molecule has 0 unspecified atom stereocenters. The molecule has 0 radical (unpaired) electrons. The van der Waals surface area contributed by atoms with Gasteiger partial charge in [0.15, 0.2) is 5.78 Å². The van der Waals surface area contributed by atoms with Crippen molar-refractivity contribution >= 4 is 44.9 Å². The quantitative estimate of drug-likeness (QED) is 0.653. The van der Waals surface area contributed by atoms with Crippen LogP contribution in [-0.4, -0.2) is 10.9 Å². The summed E-state index contributed by atoms with van der Waals surface area (Å²) in [7, 11) is 0. The highest BCUT2D eigenvalue weighted by molar-refractivity contribution is 9.10. The minimum absolute atomic E-state index is 0.0750. The highest BCUT2D eigenvalue weighted by Gasteiger charge is 2.22. The highest BCUT2D eigenvalue weighted by atomic mass is 79.9. The molecule has 0 aliphatic rings. The van der Waals surface area contributed by atoms with Crippen molar-refractivity contribution in [2.75, 3.05) is 0 Å². The van der Waals surface area contributed by atoms with Crippen LogP contribution in [0.5, 0.6) is 5.75 Å². The van der Waals surface area contributed by atoms with Gasteiger partial charge in [0.1, 0.15) is 5.75 Å². The number of Topliss-reactive ketones (excluding diaryl/α,β-unsaturated/α-hetero) is 1. The van der Waals surface area contributed by atoms with E-state index in [0.717, 1.165) is 0 Å². The second-order valence-corrected chi connectivity index (χ2v) is 5.04. The Labute approximate surface area is 106 Å². The Morgan fingerprint density at radius 2 is 2.00 bits per heavy atom. The van der Waals surface area contributed by atoms with Gasteiger partial charge in [0.05, 0.1) is 15.6 Å². The number of hydrogen-bond donors (Lipinski definition) is 1. The fraction of sp³-hybridized carbons (Fsp3) is 0.300. The molecular formula is C10H9BrCl2O2. The van der Waals surface area contributed by atoms with E-state index in [1.165, 1.54) is 6.07 Å². The lowest BCUT2D eigenvalue weighted by molar-refractivity contribution is 0.0937. The number of ketones is 1. The van der Waals surface area contributed by atoms with E-state index < -0.39 is 0 Å². The Bertz CT molecular complexity index is 390. The maximum absolute atomic E-state index is 11.8. The van der Waals surface area contributed by atoms with E-state index in [2.05, 4.69) is 15.9 Å². The molecule has 0 saturated heterocycles. The third kappa shape index (κ3) is 2.47. The Morgan fingerprint density at radius 1 is 1.47 bits per heavy atom. The number of carbonyl (C=O) groups is 1. The monoisotopic (exact) mass is 310 g/mol. The molecule has 0 atom stereocenters. The molecule has 1 aromatic rings. The van der Waals surface area contributed by atoms with Gasteiger partial charge in [-0.3, -0.25) is 4.79 Å². The molecule has 15 heavy (non-hydrogen) atoms. The number of halogens is 3. The van der Waals surface area contributed by atoms with Crippen molar-refractivity contribution in [3.8, 4) is 5.75 Å². The zero-order valence-corrected chi connectivity index (χ0v) is 11.2. The van der Waals surface area contributed by atoms with Gasteiger partial charge in [-0.05, 0) is 22.0 Å². The second kappa shape index (κ2) is 4.73. The number of hydrogen-bond acceptors (Lipinski definition) is 2. The fourth-order valence-corrected chi connectivity index (χ4v) is 2.10. The van der Waals surface area contributed by atoms with Gasteiger partial charge < -0.3 is 5.11 Å². The minimum Gasteiger partial charge on any atom is -0.506 e. The normalized spacial score (nSPS) is 10.8. The lowest BCUT2D eigenvalue weighted by atomic mass is 10.0. The van der Waals surface area contributed by atoms with E-state index in [1.807, 2.05) is 0 Å². The molecule has 1 aromatic carbocycles. The first-order chi connectivity index (χ1) is 6.86. The molecule has 0 aromatic heterocycles. The van der Waals surface area contributed by atoms with Gasteiger partial charge in [0.2, 0.25) is 0 Å². The molecular weight excluding hydrogens is 303 g/mol. The Kier molecular flexibility index (Phi) is 4.04. The number of phenolic OH excluding ortho intramolecular Hbond substituents is 1. The van der Waals surface area contributed by atoms with Crippen molar-refractivity contribution in [3.05, 3.63) is 26.1 Å². The Hall–Kier alpha value is -0.250. The van der Waals surface area contributed by atoms with Gasteiger partial charge >= 0.3 is 0 Å². The number of carbonyl (C=O) groups excluding carboxylic acids is 1. The molecule has 0 saturated carbocycles. The van der Waals surface area contributed by atoms with Gasteiger partial charge in [0.25, 0.3) is 0 Å². The fourth-order valence-electron chi connectivity index (χ4n) is 1.10. The standard InChI is InChI=1S/C10H9BrCl2O2/c1-4(2)9(14)7-8(13)5(11)3-6(12)10(7)15/h3-4,15H,1-2H3. The minimum atomic E-state index is -0.261. The van der Waals surface area contributed by atoms with Crippen LogP contribution in [0.2, 0.25) is 10.0 Å². The first kappa shape index (κ1) is 12.8. The first-order valence-electron chi connectivity index (χ1n) is 4.27. The summed E-state index contributed by atoms with van der Waals surface area (Å²) in [4.78, 5) is 11.8. The van der Waals surface area contributed by atoms with Crippen LogP contribution in [0.15, 0.2) is 10.5 Å². The van der Waals surface area contributed by atoms with Crippen LogP contribution >= 0.6 is 39.1 Å². The van der Waals surface area contributed by atoms with Crippen LogP contribution < -0.4 is 0 Å². The molecule has 0 spiro atoms. The summed E-state index contributed by atoms with van der Waals surface area (Å²) in [5, 5.41) is 9.96. The Morgan fingerprint density at radius 3 is 2.47 bits per heavy atom. The molecule has 0 aliphatic carbocycles. The summed E-state index contributed by atoms with van der Waals surface area (Å²) >= 11 is 14.8. The molecule has 5 heteroatoms. The number of aromatic hydroxyl groups is 1. The second-order valence-electron chi connectivity index (χ2n) is 3.40. The highest BCUT2D eigenvalue weighted by Crippen LogP contribution is 2.39. The predicted molar refractivity (Wildman–Crippen MR) is 65.0 cm³/mol. The SMILES string of the molecule is CC(C)C(=O)c1c(O)c(Cl)cc(Br)c1Cl. The van der Waals surface area contributed by atoms with Gasteiger partial charge in [0, 0.05) is 10.4 Å². The largest absolute Gasteiger partial charge is 0.506 e. The summed E-state index contributed by atoms with van der Waals surface area (Å²) in [6.45, 7) is 3.46. The van der Waals surface area contributed by atoms with Crippen LogP contribution in [-0.2, 0) is 0 Å². The average Bonchev–Trinajstić information content (AvgIpc) is 2.15. The lowest BCUT2D eigenvalue weighted by Gasteiger charge is -2.11. The molecule has 0 amide bonds. The third-order valence-corrected chi connectivity index (χ3v) is 3.45. The zero-order chi connectivity index (χ0) is 11.7. The van der Waals surface area contributed by atoms with Gasteiger partial charge in [-0.25, -0.2) is 0 Å². The van der Waals surface area contributed by atoms with E-state index in [4.69, 9.17) is 23.2 Å². The topological polar surface area (TPSA) is 37.3 Å². The van der Waals surface area contributed by atoms with Gasteiger partial charge in [-0.15, -0.1) is 0 Å². The molecule has 2 nitrogen and oxygen atoms in total. The summed E-state index contributed by atoms with van der Waals surface area (Å²) in [6.07, 6.45) is 0. The van der Waals surface area contributed by atoms with Crippen LogP contribution in [0, 0.1) is 5.92 Å². The van der Waals surface area contributed by atoms with E-state index in [0.29, 0.717) is 4.47 Å². The molecule has 0 fully saturated rings. The van der Waals surface area contributed by atoms with E-state index in [9.17, 15) is 9.90 Å². The van der Waals surface area contributed by atoms with Crippen molar-refractivity contribution in [2.45, 2.75) is 13.8 Å². The molecule has 0 heterocycles. The first-order valence-corrected chi connectivity index (χ1v) is 5.81. The summed E-state index contributed by atoms with van der Waals surface area (Å²) in [6, 6.07) is 1.45. The van der Waals surface area contributed by atoms with Crippen molar-refractivity contribution in [2.24, 2.45) is 5.92 Å². The number of benzene rings is 1. The van der Waals surface area contributed by atoms with E-state index >= 15 is 0 Å². The van der Waals surface area contributed by atoms with Crippen molar-refractivity contribution in [1.29, 1.82) is 0 Å². The van der Waals surface area contributed by atoms with Gasteiger partial charge in [-0.2, -0.15) is 0 Å². The van der Waals surface area contributed by atoms with Crippen molar-refractivity contribution in [3.63, 3.8) is 0 Å². The molecule has 0 aliphatic heterocycles. The maximum Gasteiger partial charge on any atom is 0.170 e. The number of phenols is 1. The molecule has 0 bridgehead atoms. The summed E-state index contributed by atoms with van der Waals surface area (Å²) in [5.74, 6) is -0.747. The maximum atomic E-state index is 11.8. The van der Waals surface area contributed by atoms with E-state index in [-0.39, 0.29) is 33.1 Å². The van der Waals surface area contributed by atoms with Crippen LogP contribution in [0.3, 0.4) is 0 Å². The third-order valence-electron chi connectivity index (χ3n) is 1.92. The van der Waals surface area contributed by atoms with E-state index in [1.54, 1.807) is 13.8 Å². The Balaban J connectivity index is 3.46. The summed E-state index contributed by atoms with van der Waals surface area (Å²) < 4.78 is 0.496. The lowest BCUT2D eigenvalue weighted by Crippen LogP contribution is -2.08. The molecule has 1 N–H and O–H groups in total. The van der Waals surface area contributed by atoms with Crippen LogP contribution in [0.1, 0.15) is 24.2 Å². The number of rotatable bonds is 2. The molecule has 82 valence electrons. The summed E-state index contributed by atoms with van der Waals surface area (Å²) in [5.41, 5.74) is 0.0750.